The van der Waals surface area contributed by atoms with Crippen LogP contribution in [-0.4, -0.2) is 28.8 Å². The zero-order valence-corrected chi connectivity index (χ0v) is 14.6. The number of carbonyl (C=O) groups is 2. The quantitative estimate of drug-likeness (QED) is 0.654. The standard InChI is InChI=1S/C15H12F3N3O3.C2H6/c1-7(22)10-11(14(23)24-2)20-13(21-12(10)19)8-3-5-9(6-4-8)15(16,17)18;1-2/h3-6H,1-2H3,(H2,19,20,21);1-2H3. The van der Waals surface area contributed by atoms with Crippen LogP contribution < -0.4 is 5.73 Å². The van der Waals surface area contributed by atoms with Gasteiger partial charge in [0.1, 0.15) is 5.82 Å². The lowest BCUT2D eigenvalue weighted by Gasteiger charge is -2.11. The summed E-state index contributed by atoms with van der Waals surface area (Å²) < 4.78 is 42.3. The first-order chi connectivity index (χ1) is 12.1. The Labute approximate surface area is 148 Å². The van der Waals surface area contributed by atoms with Crippen molar-refractivity contribution in [2.45, 2.75) is 26.9 Å². The lowest BCUT2D eigenvalue weighted by molar-refractivity contribution is -0.137. The van der Waals surface area contributed by atoms with Crippen LogP contribution in [0.4, 0.5) is 19.0 Å². The molecule has 2 aromatic rings. The molecule has 0 aliphatic carbocycles. The summed E-state index contributed by atoms with van der Waals surface area (Å²) in [4.78, 5) is 31.2. The number of rotatable bonds is 3. The number of hydrogen-bond donors (Lipinski definition) is 1. The third-order valence-corrected chi connectivity index (χ3v) is 3.14. The molecule has 0 aliphatic rings. The highest BCUT2D eigenvalue weighted by Crippen LogP contribution is 2.30. The van der Waals surface area contributed by atoms with Gasteiger partial charge >= 0.3 is 12.1 Å². The number of ether oxygens (including phenoxy) is 1. The molecule has 2 rings (SSSR count). The Hall–Kier alpha value is -2.97. The molecule has 0 saturated heterocycles. The Bertz CT molecular complexity index is 803. The number of Topliss-reactive ketones (excluding diaryl/α,β-unsaturated/α-hetero) is 1. The van der Waals surface area contributed by atoms with Crippen molar-refractivity contribution in [3.63, 3.8) is 0 Å². The van der Waals surface area contributed by atoms with Crippen LogP contribution >= 0.6 is 0 Å². The number of hydrogen-bond acceptors (Lipinski definition) is 6. The van der Waals surface area contributed by atoms with Crippen LogP contribution in [0.3, 0.4) is 0 Å². The molecule has 26 heavy (non-hydrogen) atoms. The SMILES string of the molecule is CC.COC(=O)c1nc(-c2ccc(C(F)(F)F)cc2)nc(N)c1C(C)=O. The normalized spacial score (nSPS) is 10.6. The topological polar surface area (TPSA) is 95.2 Å². The van der Waals surface area contributed by atoms with Gasteiger partial charge in [-0.15, -0.1) is 0 Å². The number of aromatic nitrogens is 2. The molecule has 0 atom stereocenters. The number of esters is 1. The van der Waals surface area contributed by atoms with Crippen LogP contribution in [0.1, 0.15) is 47.2 Å². The van der Waals surface area contributed by atoms with Crippen LogP contribution in [-0.2, 0) is 10.9 Å². The highest BCUT2D eigenvalue weighted by atomic mass is 19.4. The monoisotopic (exact) mass is 369 g/mol. The fourth-order valence-electron chi connectivity index (χ4n) is 2.01. The summed E-state index contributed by atoms with van der Waals surface area (Å²) in [5.41, 5.74) is 4.52. The smallest absolute Gasteiger partial charge is 0.416 e. The van der Waals surface area contributed by atoms with Crippen LogP contribution in [0, 0.1) is 0 Å². The van der Waals surface area contributed by atoms with Gasteiger partial charge in [-0.2, -0.15) is 13.2 Å². The summed E-state index contributed by atoms with van der Waals surface area (Å²) in [6.07, 6.45) is -4.48. The Morgan fingerprint density at radius 1 is 1.08 bits per heavy atom. The Morgan fingerprint density at radius 2 is 1.62 bits per heavy atom. The fraction of sp³-hybridized carbons (Fsp3) is 0.294. The van der Waals surface area contributed by atoms with Crippen molar-refractivity contribution < 1.29 is 27.5 Å². The molecule has 2 N–H and O–H groups in total. The Kier molecular flexibility index (Phi) is 6.82. The first-order valence-corrected chi connectivity index (χ1v) is 7.59. The summed E-state index contributed by atoms with van der Waals surface area (Å²) in [7, 11) is 1.10. The zero-order valence-electron chi connectivity index (χ0n) is 14.6. The molecule has 0 fully saturated rings. The van der Waals surface area contributed by atoms with Gasteiger partial charge in [0.05, 0.1) is 18.2 Å². The molecule has 1 heterocycles. The van der Waals surface area contributed by atoms with Crippen molar-refractivity contribution in [2.24, 2.45) is 0 Å². The molecule has 1 aromatic carbocycles. The number of nitrogens with zero attached hydrogens (tertiary/aromatic N) is 2. The number of alkyl halides is 3. The van der Waals surface area contributed by atoms with Gasteiger partial charge in [-0.05, 0) is 19.1 Å². The molecular formula is C17H18F3N3O3. The van der Waals surface area contributed by atoms with Crippen molar-refractivity contribution in [1.29, 1.82) is 0 Å². The molecule has 0 spiro atoms. The van der Waals surface area contributed by atoms with Crippen molar-refractivity contribution >= 4 is 17.6 Å². The van der Waals surface area contributed by atoms with E-state index in [-0.39, 0.29) is 28.5 Å². The molecule has 0 unspecified atom stereocenters. The lowest BCUT2D eigenvalue weighted by atomic mass is 10.1. The predicted octanol–water partition coefficient (Wildman–Crippen LogP) is 3.76. The van der Waals surface area contributed by atoms with Crippen molar-refractivity contribution in [2.75, 3.05) is 12.8 Å². The fourth-order valence-corrected chi connectivity index (χ4v) is 2.01. The number of anilines is 1. The summed E-state index contributed by atoms with van der Waals surface area (Å²) in [5.74, 6) is -1.78. The second-order valence-electron chi connectivity index (χ2n) is 4.78. The van der Waals surface area contributed by atoms with Gasteiger partial charge in [0, 0.05) is 5.56 Å². The minimum Gasteiger partial charge on any atom is -0.464 e. The summed E-state index contributed by atoms with van der Waals surface area (Å²) in [6, 6.07) is 4.00. The molecule has 0 aliphatic heterocycles. The lowest BCUT2D eigenvalue weighted by Crippen LogP contribution is -2.16. The highest BCUT2D eigenvalue weighted by molar-refractivity contribution is 6.07. The number of halogens is 3. The molecule has 1 aromatic heterocycles. The molecule has 0 radical (unpaired) electrons. The van der Waals surface area contributed by atoms with E-state index < -0.39 is 23.5 Å². The molecule has 0 saturated carbocycles. The van der Waals surface area contributed by atoms with Crippen LogP contribution in [0.5, 0.6) is 0 Å². The first-order valence-electron chi connectivity index (χ1n) is 7.59. The van der Waals surface area contributed by atoms with Gasteiger partial charge in [-0.25, -0.2) is 14.8 Å². The van der Waals surface area contributed by atoms with Gasteiger partial charge in [0.15, 0.2) is 17.3 Å². The minimum atomic E-state index is -4.48. The Balaban J connectivity index is 0.00000163. The van der Waals surface area contributed by atoms with Crippen LogP contribution in [0.25, 0.3) is 11.4 Å². The number of nitrogens with two attached hydrogens (primary N) is 1. The summed E-state index contributed by atoms with van der Waals surface area (Å²) >= 11 is 0. The molecule has 0 bridgehead atoms. The predicted molar refractivity (Wildman–Crippen MR) is 89.6 cm³/mol. The van der Waals surface area contributed by atoms with Crippen molar-refractivity contribution in [3.8, 4) is 11.4 Å². The van der Waals surface area contributed by atoms with E-state index in [0.29, 0.717) is 0 Å². The van der Waals surface area contributed by atoms with Gasteiger partial charge in [-0.1, -0.05) is 26.0 Å². The van der Waals surface area contributed by atoms with Gasteiger partial charge < -0.3 is 10.5 Å². The first kappa shape index (κ1) is 21.1. The van der Waals surface area contributed by atoms with E-state index >= 15 is 0 Å². The second kappa shape index (κ2) is 8.41. The third kappa shape index (κ3) is 4.56. The van der Waals surface area contributed by atoms with E-state index in [1.807, 2.05) is 13.8 Å². The minimum absolute atomic E-state index is 0.0911. The summed E-state index contributed by atoms with van der Waals surface area (Å²) in [6.45, 7) is 5.18. The van der Waals surface area contributed by atoms with Gasteiger partial charge in [0.2, 0.25) is 0 Å². The van der Waals surface area contributed by atoms with E-state index in [1.54, 1.807) is 0 Å². The number of ketones is 1. The van der Waals surface area contributed by atoms with Crippen LogP contribution in [0.15, 0.2) is 24.3 Å². The average Bonchev–Trinajstić information content (AvgIpc) is 2.61. The number of carbonyl (C=O) groups excluding carboxylic acids is 2. The largest absolute Gasteiger partial charge is 0.464 e. The van der Waals surface area contributed by atoms with Crippen molar-refractivity contribution in [3.05, 3.63) is 41.1 Å². The maximum Gasteiger partial charge on any atom is 0.416 e. The van der Waals surface area contributed by atoms with Gasteiger partial charge in [-0.3, -0.25) is 4.79 Å². The molecular weight excluding hydrogens is 351 g/mol. The molecule has 6 nitrogen and oxygen atoms in total. The Morgan fingerprint density at radius 3 is 2.04 bits per heavy atom. The van der Waals surface area contributed by atoms with E-state index in [4.69, 9.17) is 5.73 Å². The number of methoxy groups -OCH3 is 1. The highest BCUT2D eigenvalue weighted by Gasteiger charge is 2.30. The molecule has 0 amide bonds. The van der Waals surface area contributed by atoms with E-state index in [2.05, 4.69) is 14.7 Å². The second-order valence-corrected chi connectivity index (χ2v) is 4.78. The molecule has 140 valence electrons. The zero-order chi connectivity index (χ0) is 20.1. The number of benzene rings is 1. The van der Waals surface area contributed by atoms with E-state index in [0.717, 1.165) is 31.4 Å². The molecule has 9 heteroatoms. The third-order valence-electron chi connectivity index (χ3n) is 3.14. The maximum atomic E-state index is 12.6. The van der Waals surface area contributed by atoms with Gasteiger partial charge in [0.25, 0.3) is 0 Å². The maximum absolute atomic E-state index is 12.6. The van der Waals surface area contributed by atoms with E-state index in [9.17, 15) is 22.8 Å². The van der Waals surface area contributed by atoms with Crippen molar-refractivity contribution in [1.82, 2.24) is 9.97 Å². The average molecular weight is 369 g/mol. The number of nitrogen functional groups attached to an aromatic ring is 1. The summed E-state index contributed by atoms with van der Waals surface area (Å²) in [5, 5.41) is 0. The van der Waals surface area contributed by atoms with Crippen LogP contribution in [0.2, 0.25) is 0 Å². The van der Waals surface area contributed by atoms with E-state index in [1.165, 1.54) is 6.92 Å².